The van der Waals surface area contributed by atoms with Crippen LogP contribution in [-0.4, -0.2) is 32.4 Å². The molecule has 1 saturated carbocycles. The van der Waals surface area contributed by atoms with Gasteiger partial charge in [-0.15, -0.1) is 0 Å². The van der Waals surface area contributed by atoms with E-state index in [-0.39, 0.29) is 5.92 Å². The number of aliphatic carboxylic acids is 1. The third-order valence-corrected chi connectivity index (χ3v) is 5.54. The van der Waals surface area contributed by atoms with Crippen molar-refractivity contribution >= 4 is 33.6 Å². The van der Waals surface area contributed by atoms with Crippen molar-refractivity contribution < 1.29 is 9.90 Å². The van der Waals surface area contributed by atoms with Crippen molar-refractivity contribution in [3.63, 3.8) is 0 Å². The number of anilines is 1. The fourth-order valence-corrected chi connectivity index (χ4v) is 4.00. The number of para-hydroxylation sites is 1. The van der Waals surface area contributed by atoms with E-state index in [0.717, 1.165) is 66.4 Å². The number of hydrogen-bond donors (Lipinski definition) is 2. The van der Waals surface area contributed by atoms with Crippen LogP contribution in [0.2, 0.25) is 0 Å². The number of carboxylic acids is 1. The normalized spacial score (nSPS) is 20.5. The highest BCUT2D eigenvalue weighted by molar-refractivity contribution is 6.06. The van der Waals surface area contributed by atoms with Crippen molar-refractivity contribution in [1.82, 2.24) is 14.8 Å². The monoisotopic (exact) mass is 352 g/mol. The number of aryl methyl sites for hydroxylation is 1. The molecule has 6 nitrogen and oxygen atoms in total. The summed E-state index contributed by atoms with van der Waals surface area (Å²) in [6.45, 7) is 3.71. The lowest BCUT2D eigenvalue weighted by Crippen LogP contribution is -2.25. The van der Waals surface area contributed by atoms with Gasteiger partial charge >= 0.3 is 5.97 Å². The molecule has 0 spiro atoms. The summed E-state index contributed by atoms with van der Waals surface area (Å²) < 4.78 is 1.92. The number of carboxylic acid groups (broad SMARTS) is 1. The van der Waals surface area contributed by atoms with Crippen LogP contribution in [0.1, 0.15) is 32.6 Å². The molecule has 136 valence electrons. The molecular weight excluding hydrogens is 328 g/mol. The lowest BCUT2D eigenvalue weighted by molar-refractivity contribution is -0.143. The fourth-order valence-electron chi connectivity index (χ4n) is 4.00. The van der Waals surface area contributed by atoms with E-state index in [1.165, 1.54) is 0 Å². The SMILES string of the molecule is CCn1ncc2c(NCC3CCC(C(=O)O)CC3)c3ccccc3nc21. The van der Waals surface area contributed by atoms with Crippen molar-refractivity contribution in [3.05, 3.63) is 30.5 Å². The molecule has 2 N–H and O–H groups in total. The standard InChI is InChI=1S/C20H24N4O2/c1-2-24-19-16(12-22-24)18(15-5-3-4-6-17(15)23-19)21-11-13-7-9-14(10-8-13)20(25)26/h3-6,12-14H,2,7-11H2,1H3,(H,21,23)(H,25,26). The van der Waals surface area contributed by atoms with Gasteiger partial charge < -0.3 is 10.4 Å². The lowest BCUT2D eigenvalue weighted by atomic mass is 9.82. The number of pyridine rings is 1. The van der Waals surface area contributed by atoms with Gasteiger partial charge in [-0.3, -0.25) is 4.79 Å². The van der Waals surface area contributed by atoms with Crippen molar-refractivity contribution in [2.24, 2.45) is 11.8 Å². The summed E-state index contributed by atoms with van der Waals surface area (Å²) in [5.41, 5.74) is 2.96. The number of rotatable bonds is 5. The van der Waals surface area contributed by atoms with Crippen molar-refractivity contribution in [3.8, 4) is 0 Å². The first-order valence-corrected chi connectivity index (χ1v) is 9.38. The van der Waals surface area contributed by atoms with E-state index in [1.807, 2.05) is 29.1 Å². The number of fused-ring (bicyclic) bond motifs is 2. The topological polar surface area (TPSA) is 80.0 Å². The van der Waals surface area contributed by atoms with Gasteiger partial charge in [-0.05, 0) is 44.6 Å². The lowest BCUT2D eigenvalue weighted by Gasteiger charge is -2.26. The minimum atomic E-state index is -0.648. The maximum atomic E-state index is 11.1. The second-order valence-corrected chi connectivity index (χ2v) is 7.14. The van der Waals surface area contributed by atoms with E-state index >= 15 is 0 Å². The molecule has 0 aliphatic heterocycles. The zero-order chi connectivity index (χ0) is 18.1. The fraction of sp³-hybridized carbons (Fsp3) is 0.450. The summed E-state index contributed by atoms with van der Waals surface area (Å²) in [5, 5.41) is 19.4. The molecule has 6 heteroatoms. The summed E-state index contributed by atoms with van der Waals surface area (Å²) in [6.07, 6.45) is 5.38. The van der Waals surface area contributed by atoms with Gasteiger partial charge in [0.1, 0.15) is 0 Å². The molecule has 26 heavy (non-hydrogen) atoms. The number of hydrogen-bond acceptors (Lipinski definition) is 4. The molecule has 2 heterocycles. The van der Waals surface area contributed by atoms with Gasteiger partial charge in [-0.25, -0.2) is 9.67 Å². The van der Waals surface area contributed by atoms with E-state index in [1.54, 1.807) is 0 Å². The minimum absolute atomic E-state index is 0.164. The third-order valence-electron chi connectivity index (χ3n) is 5.54. The van der Waals surface area contributed by atoms with Gasteiger partial charge in [-0.1, -0.05) is 18.2 Å². The number of nitrogens with zero attached hydrogens (tertiary/aromatic N) is 3. The van der Waals surface area contributed by atoms with Crippen LogP contribution in [0, 0.1) is 11.8 Å². The average Bonchev–Trinajstić information content (AvgIpc) is 3.08. The first-order chi connectivity index (χ1) is 12.7. The van der Waals surface area contributed by atoms with Crippen LogP contribution in [-0.2, 0) is 11.3 Å². The highest BCUT2D eigenvalue weighted by atomic mass is 16.4. The molecule has 3 aromatic rings. The second-order valence-electron chi connectivity index (χ2n) is 7.14. The molecule has 4 rings (SSSR count). The van der Waals surface area contributed by atoms with Gasteiger partial charge in [0.05, 0.1) is 28.7 Å². The predicted octanol–water partition coefficient (Wildman–Crippen LogP) is 3.91. The molecule has 1 aliphatic carbocycles. The molecule has 0 saturated heterocycles. The quantitative estimate of drug-likeness (QED) is 0.728. The molecule has 0 radical (unpaired) electrons. The van der Waals surface area contributed by atoms with Gasteiger partial charge in [0.15, 0.2) is 5.65 Å². The maximum absolute atomic E-state index is 11.1. The summed E-state index contributed by atoms with van der Waals surface area (Å²) in [7, 11) is 0. The molecule has 1 fully saturated rings. The Kier molecular flexibility index (Phi) is 4.49. The summed E-state index contributed by atoms with van der Waals surface area (Å²) in [6, 6.07) is 8.16. The number of benzene rings is 1. The summed E-state index contributed by atoms with van der Waals surface area (Å²) >= 11 is 0. The molecule has 0 unspecified atom stereocenters. The van der Waals surface area contributed by atoms with E-state index in [9.17, 15) is 4.79 Å². The average molecular weight is 352 g/mol. The number of aromatic nitrogens is 3. The second kappa shape index (κ2) is 6.94. The number of nitrogens with one attached hydrogen (secondary N) is 1. The van der Waals surface area contributed by atoms with Crippen LogP contribution in [0.25, 0.3) is 21.9 Å². The minimum Gasteiger partial charge on any atom is -0.481 e. The highest BCUT2D eigenvalue weighted by Crippen LogP contribution is 2.33. The Morgan fingerprint density at radius 3 is 2.73 bits per heavy atom. The predicted molar refractivity (Wildman–Crippen MR) is 102 cm³/mol. The molecule has 1 aliphatic rings. The van der Waals surface area contributed by atoms with E-state index in [4.69, 9.17) is 10.1 Å². The van der Waals surface area contributed by atoms with Crippen molar-refractivity contribution in [1.29, 1.82) is 0 Å². The summed E-state index contributed by atoms with van der Waals surface area (Å²) in [4.78, 5) is 15.9. The Hall–Kier alpha value is -2.63. The van der Waals surface area contributed by atoms with E-state index in [0.29, 0.717) is 5.92 Å². The van der Waals surface area contributed by atoms with Crippen molar-refractivity contribution in [2.75, 3.05) is 11.9 Å². The van der Waals surface area contributed by atoms with E-state index < -0.39 is 5.97 Å². The molecule has 1 aromatic carbocycles. The first kappa shape index (κ1) is 16.8. The van der Waals surface area contributed by atoms with Crippen molar-refractivity contribution in [2.45, 2.75) is 39.2 Å². The van der Waals surface area contributed by atoms with Gasteiger partial charge in [-0.2, -0.15) is 5.10 Å². The highest BCUT2D eigenvalue weighted by Gasteiger charge is 2.26. The number of carbonyl (C=O) groups is 1. The molecular formula is C20H24N4O2. The van der Waals surface area contributed by atoms with Gasteiger partial charge in [0, 0.05) is 18.5 Å². The Morgan fingerprint density at radius 1 is 1.23 bits per heavy atom. The van der Waals surface area contributed by atoms with Crippen LogP contribution in [0.5, 0.6) is 0 Å². The Labute approximate surface area is 152 Å². The van der Waals surface area contributed by atoms with Gasteiger partial charge in [0.25, 0.3) is 0 Å². The van der Waals surface area contributed by atoms with Crippen LogP contribution in [0.4, 0.5) is 5.69 Å². The molecule has 0 amide bonds. The summed E-state index contributed by atoms with van der Waals surface area (Å²) in [5.74, 6) is -0.304. The molecule has 2 aromatic heterocycles. The van der Waals surface area contributed by atoms with Crippen LogP contribution in [0.15, 0.2) is 30.5 Å². The maximum Gasteiger partial charge on any atom is 0.306 e. The zero-order valence-electron chi connectivity index (χ0n) is 15.0. The Bertz CT molecular complexity index is 942. The van der Waals surface area contributed by atoms with Crippen LogP contribution < -0.4 is 5.32 Å². The molecule has 0 atom stereocenters. The van der Waals surface area contributed by atoms with Crippen LogP contribution in [0.3, 0.4) is 0 Å². The zero-order valence-corrected chi connectivity index (χ0v) is 15.0. The molecule has 0 bridgehead atoms. The largest absolute Gasteiger partial charge is 0.481 e. The van der Waals surface area contributed by atoms with Crippen LogP contribution >= 0.6 is 0 Å². The Balaban J connectivity index is 1.61. The Morgan fingerprint density at radius 2 is 2.00 bits per heavy atom. The van der Waals surface area contributed by atoms with E-state index in [2.05, 4.69) is 23.4 Å². The van der Waals surface area contributed by atoms with Gasteiger partial charge in [0.2, 0.25) is 0 Å². The first-order valence-electron chi connectivity index (χ1n) is 9.38. The third kappa shape index (κ3) is 3.00. The smallest absolute Gasteiger partial charge is 0.306 e.